The van der Waals surface area contributed by atoms with E-state index in [-0.39, 0.29) is 6.61 Å². The number of benzene rings is 1. The lowest BCUT2D eigenvalue weighted by Gasteiger charge is -2.10. The quantitative estimate of drug-likeness (QED) is 0.894. The van der Waals surface area contributed by atoms with Gasteiger partial charge < -0.3 is 9.84 Å². The second kappa shape index (κ2) is 5.84. The number of rotatable bonds is 5. The Balaban J connectivity index is 2.45. The average Bonchev–Trinajstić information content (AvgIpc) is 2.81. The van der Waals surface area contributed by atoms with Crippen LogP contribution in [0.25, 0.3) is 5.69 Å². The number of hydrogen-bond acceptors (Lipinski definition) is 4. The van der Waals surface area contributed by atoms with Gasteiger partial charge >= 0.3 is 0 Å². The lowest BCUT2D eigenvalue weighted by molar-refractivity contribution is 0.275. The van der Waals surface area contributed by atoms with Gasteiger partial charge in [0.2, 0.25) is 0 Å². The van der Waals surface area contributed by atoms with Crippen molar-refractivity contribution in [3.63, 3.8) is 0 Å². The molecule has 2 aromatic rings. The Hall–Kier alpha value is -1.88. The molecule has 0 atom stereocenters. The minimum absolute atomic E-state index is 0.0912. The van der Waals surface area contributed by atoms with E-state index < -0.39 is 0 Å². The average molecular weight is 261 g/mol. The fourth-order valence-electron chi connectivity index (χ4n) is 2.00. The fraction of sp³-hybridized carbons (Fsp3) is 0.429. The van der Waals surface area contributed by atoms with E-state index in [4.69, 9.17) is 4.74 Å². The summed E-state index contributed by atoms with van der Waals surface area (Å²) in [7, 11) is 1.63. The van der Waals surface area contributed by atoms with E-state index in [0.29, 0.717) is 11.6 Å². The first-order chi connectivity index (χ1) is 9.15. The SMILES string of the molecule is COc1cccc(-n2nnc(CO)c2CC(C)C)c1. The molecule has 0 aliphatic carbocycles. The highest BCUT2D eigenvalue weighted by Gasteiger charge is 2.15. The first-order valence-electron chi connectivity index (χ1n) is 6.34. The zero-order valence-electron chi connectivity index (χ0n) is 11.5. The van der Waals surface area contributed by atoms with Gasteiger partial charge in [-0.3, -0.25) is 0 Å². The van der Waals surface area contributed by atoms with Crippen molar-refractivity contribution < 1.29 is 9.84 Å². The third kappa shape index (κ3) is 2.93. The second-order valence-electron chi connectivity index (χ2n) is 4.85. The zero-order valence-corrected chi connectivity index (χ0v) is 11.5. The molecule has 19 heavy (non-hydrogen) atoms. The van der Waals surface area contributed by atoms with Gasteiger partial charge in [-0.2, -0.15) is 0 Å². The third-order valence-corrected chi connectivity index (χ3v) is 2.89. The van der Waals surface area contributed by atoms with Gasteiger partial charge in [0.25, 0.3) is 0 Å². The molecule has 0 saturated heterocycles. The van der Waals surface area contributed by atoms with E-state index in [2.05, 4.69) is 24.2 Å². The summed E-state index contributed by atoms with van der Waals surface area (Å²) in [6.07, 6.45) is 0.820. The molecule has 1 aromatic heterocycles. The van der Waals surface area contributed by atoms with Crippen molar-refractivity contribution in [2.45, 2.75) is 26.9 Å². The number of hydrogen-bond donors (Lipinski definition) is 1. The molecule has 0 unspecified atom stereocenters. The molecule has 0 spiro atoms. The molecule has 0 amide bonds. The van der Waals surface area contributed by atoms with Crippen molar-refractivity contribution in [2.24, 2.45) is 5.92 Å². The molecule has 0 aliphatic heterocycles. The maximum Gasteiger partial charge on any atom is 0.121 e. The number of aliphatic hydroxyl groups excluding tert-OH is 1. The molecule has 1 N–H and O–H groups in total. The molecule has 0 radical (unpaired) electrons. The van der Waals surface area contributed by atoms with E-state index in [1.54, 1.807) is 11.8 Å². The van der Waals surface area contributed by atoms with Gasteiger partial charge in [0, 0.05) is 6.07 Å². The number of aromatic nitrogens is 3. The molecular formula is C14H19N3O2. The summed E-state index contributed by atoms with van der Waals surface area (Å²) in [6.45, 7) is 4.17. The van der Waals surface area contributed by atoms with E-state index in [1.165, 1.54) is 0 Å². The van der Waals surface area contributed by atoms with Gasteiger partial charge in [-0.1, -0.05) is 25.1 Å². The van der Waals surface area contributed by atoms with Crippen LogP contribution in [-0.2, 0) is 13.0 Å². The maximum atomic E-state index is 9.35. The summed E-state index contributed by atoms with van der Waals surface area (Å²) in [6, 6.07) is 7.64. The Labute approximate surface area is 112 Å². The van der Waals surface area contributed by atoms with Gasteiger partial charge in [-0.05, 0) is 24.5 Å². The molecule has 2 rings (SSSR count). The Morgan fingerprint density at radius 1 is 1.37 bits per heavy atom. The number of ether oxygens (including phenoxy) is 1. The zero-order chi connectivity index (χ0) is 13.8. The van der Waals surface area contributed by atoms with Gasteiger partial charge in [0.05, 0.1) is 25.1 Å². The predicted octanol–water partition coefficient (Wildman–Crippen LogP) is 1.97. The highest BCUT2D eigenvalue weighted by atomic mass is 16.5. The number of methoxy groups -OCH3 is 1. The smallest absolute Gasteiger partial charge is 0.121 e. The lowest BCUT2D eigenvalue weighted by Crippen LogP contribution is -2.07. The molecule has 0 saturated carbocycles. The predicted molar refractivity (Wildman–Crippen MR) is 72.4 cm³/mol. The summed E-state index contributed by atoms with van der Waals surface area (Å²) in [5.41, 5.74) is 2.48. The first-order valence-corrected chi connectivity index (χ1v) is 6.34. The van der Waals surface area contributed by atoms with Crippen molar-refractivity contribution in [3.8, 4) is 11.4 Å². The highest BCUT2D eigenvalue weighted by molar-refractivity contribution is 5.40. The summed E-state index contributed by atoms with van der Waals surface area (Å²) in [5, 5.41) is 17.5. The van der Waals surface area contributed by atoms with Crippen molar-refractivity contribution in [1.29, 1.82) is 0 Å². The second-order valence-corrected chi connectivity index (χ2v) is 4.85. The molecule has 0 aliphatic rings. The van der Waals surface area contributed by atoms with Crippen LogP contribution in [0.1, 0.15) is 25.2 Å². The van der Waals surface area contributed by atoms with Crippen molar-refractivity contribution in [1.82, 2.24) is 15.0 Å². The van der Waals surface area contributed by atoms with Crippen LogP contribution in [-0.4, -0.2) is 27.2 Å². The van der Waals surface area contributed by atoms with Crippen LogP contribution >= 0.6 is 0 Å². The normalized spacial score (nSPS) is 11.0. The molecule has 0 bridgehead atoms. The van der Waals surface area contributed by atoms with Gasteiger partial charge in [0.1, 0.15) is 11.4 Å². The Morgan fingerprint density at radius 3 is 2.79 bits per heavy atom. The fourth-order valence-corrected chi connectivity index (χ4v) is 2.00. The molecule has 5 heteroatoms. The number of nitrogens with zero attached hydrogens (tertiary/aromatic N) is 3. The van der Waals surface area contributed by atoms with Crippen LogP contribution < -0.4 is 4.74 Å². The Morgan fingerprint density at radius 2 is 2.16 bits per heavy atom. The minimum atomic E-state index is -0.0912. The van der Waals surface area contributed by atoms with Gasteiger partial charge in [-0.25, -0.2) is 4.68 Å². The summed E-state index contributed by atoms with van der Waals surface area (Å²) < 4.78 is 6.99. The van der Waals surface area contributed by atoms with Gasteiger partial charge in [0.15, 0.2) is 0 Å². The Bertz CT molecular complexity index is 549. The molecule has 1 aromatic carbocycles. The van der Waals surface area contributed by atoms with E-state index in [1.807, 2.05) is 24.3 Å². The molecular weight excluding hydrogens is 242 g/mol. The monoisotopic (exact) mass is 261 g/mol. The van der Waals surface area contributed by atoms with Crippen LogP contribution in [0.4, 0.5) is 0 Å². The topological polar surface area (TPSA) is 60.2 Å². The minimum Gasteiger partial charge on any atom is -0.497 e. The third-order valence-electron chi connectivity index (χ3n) is 2.89. The maximum absolute atomic E-state index is 9.35. The largest absolute Gasteiger partial charge is 0.497 e. The lowest BCUT2D eigenvalue weighted by atomic mass is 10.1. The van der Waals surface area contributed by atoms with Crippen LogP contribution in [0.5, 0.6) is 5.75 Å². The van der Waals surface area contributed by atoms with Crippen LogP contribution in [0.15, 0.2) is 24.3 Å². The summed E-state index contributed by atoms with van der Waals surface area (Å²) in [5.74, 6) is 1.24. The van der Waals surface area contributed by atoms with Crippen LogP contribution in [0.2, 0.25) is 0 Å². The van der Waals surface area contributed by atoms with E-state index in [9.17, 15) is 5.11 Å². The van der Waals surface area contributed by atoms with Crippen LogP contribution in [0.3, 0.4) is 0 Å². The Kier molecular flexibility index (Phi) is 4.16. The molecule has 1 heterocycles. The first kappa shape index (κ1) is 13.5. The van der Waals surface area contributed by atoms with E-state index >= 15 is 0 Å². The summed E-state index contributed by atoms with van der Waals surface area (Å²) >= 11 is 0. The highest BCUT2D eigenvalue weighted by Crippen LogP contribution is 2.20. The van der Waals surface area contributed by atoms with Crippen molar-refractivity contribution >= 4 is 0 Å². The van der Waals surface area contributed by atoms with Crippen molar-refractivity contribution in [2.75, 3.05) is 7.11 Å². The van der Waals surface area contributed by atoms with Crippen LogP contribution in [0, 0.1) is 5.92 Å². The van der Waals surface area contributed by atoms with Gasteiger partial charge in [-0.15, -0.1) is 5.10 Å². The molecule has 102 valence electrons. The summed E-state index contributed by atoms with van der Waals surface area (Å²) in [4.78, 5) is 0. The number of aliphatic hydroxyl groups is 1. The van der Waals surface area contributed by atoms with Crippen molar-refractivity contribution in [3.05, 3.63) is 35.7 Å². The van der Waals surface area contributed by atoms with E-state index in [0.717, 1.165) is 23.6 Å². The molecule has 0 fully saturated rings. The molecule has 5 nitrogen and oxygen atoms in total. The standard InChI is InChI=1S/C14H19N3O2/c1-10(2)7-14-13(9-18)15-16-17(14)11-5-4-6-12(8-11)19-3/h4-6,8,10,18H,7,9H2,1-3H3.